The Labute approximate surface area is 189 Å². The number of carbonyl (C=O) groups excluding carboxylic acids is 2. The molecule has 0 radical (unpaired) electrons. The highest BCUT2D eigenvalue weighted by Gasteiger charge is 2.24. The Kier molecular flexibility index (Phi) is 5.95. The van der Waals surface area contributed by atoms with E-state index in [4.69, 9.17) is 4.74 Å². The number of rotatable bonds is 5. The molecule has 0 aliphatic carbocycles. The number of ketones is 1. The number of nitrogens with zero attached hydrogens (tertiary/aromatic N) is 1. The maximum atomic E-state index is 13.8. The molecule has 0 aromatic heterocycles. The van der Waals surface area contributed by atoms with Gasteiger partial charge in [0, 0.05) is 29.6 Å². The number of anilines is 1. The van der Waals surface area contributed by atoms with E-state index >= 15 is 0 Å². The molecule has 1 aliphatic heterocycles. The first kappa shape index (κ1) is 21.6. The molecule has 32 heavy (non-hydrogen) atoms. The van der Waals surface area contributed by atoms with Crippen LogP contribution in [0.15, 0.2) is 66.9 Å². The zero-order valence-electron chi connectivity index (χ0n) is 18.9. The van der Waals surface area contributed by atoms with Crippen LogP contribution < -0.4 is 4.90 Å². The summed E-state index contributed by atoms with van der Waals surface area (Å²) in [5, 5.41) is 0. The van der Waals surface area contributed by atoms with Crippen molar-refractivity contribution in [2.75, 3.05) is 18.6 Å². The van der Waals surface area contributed by atoms with E-state index in [9.17, 15) is 9.59 Å². The standard InChI is InChI=1S/C28H27NO3/c1-18-14-19(2)26(20(3)15-18)27(30)24(21-8-6-5-7-9-21)17-29-13-12-22-16-23(28(31)32-4)10-11-25(22)29/h5-11,14-17H,12-13H2,1-4H3. The molecule has 0 fully saturated rings. The Bertz CT molecular complexity index is 1200. The first-order chi connectivity index (χ1) is 15.4. The number of benzene rings is 3. The van der Waals surface area contributed by atoms with Crippen molar-refractivity contribution in [1.29, 1.82) is 0 Å². The van der Waals surface area contributed by atoms with E-state index in [1.807, 2.05) is 69.4 Å². The zero-order chi connectivity index (χ0) is 22.8. The zero-order valence-corrected chi connectivity index (χ0v) is 18.9. The Morgan fingerprint density at radius 2 is 1.59 bits per heavy atom. The minimum Gasteiger partial charge on any atom is -0.465 e. The lowest BCUT2D eigenvalue weighted by molar-refractivity contribution is 0.0600. The maximum Gasteiger partial charge on any atom is 0.337 e. The molecule has 0 saturated heterocycles. The monoisotopic (exact) mass is 425 g/mol. The summed E-state index contributed by atoms with van der Waals surface area (Å²) in [6.07, 6.45) is 2.76. The quantitative estimate of drug-likeness (QED) is 0.300. The van der Waals surface area contributed by atoms with Crippen LogP contribution in [0.5, 0.6) is 0 Å². The predicted octanol–water partition coefficient (Wildman–Crippen LogP) is 5.68. The molecule has 0 spiro atoms. The molecular weight excluding hydrogens is 398 g/mol. The summed E-state index contributed by atoms with van der Waals surface area (Å²) < 4.78 is 4.85. The number of aryl methyl sites for hydroxylation is 3. The Balaban J connectivity index is 1.79. The molecule has 162 valence electrons. The SMILES string of the molecule is COC(=O)c1ccc2c(c1)CCN2C=C(C(=O)c1c(C)cc(C)cc1C)c1ccccc1. The van der Waals surface area contributed by atoms with Crippen molar-refractivity contribution in [2.45, 2.75) is 27.2 Å². The number of esters is 1. The molecule has 3 aromatic carbocycles. The molecule has 0 N–H and O–H groups in total. The molecule has 1 heterocycles. The van der Waals surface area contributed by atoms with Gasteiger partial charge >= 0.3 is 5.97 Å². The summed E-state index contributed by atoms with van der Waals surface area (Å²) in [4.78, 5) is 27.8. The number of Topliss-reactive ketones (excluding diaryl/α,β-unsaturated/α-hetero) is 1. The fourth-order valence-corrected chi connectivity index (χ4v) is 4.52. The number of fused-ring (bicyclic) bond motifs is 1. The molecule has 0 amide bonds. The third-order valence-electron chi connectivity index (χ3n) is 5.95. The summed E-state index contributed by atoms with van der Waals surface area (Å²) in [6.45, 7) is 6.78. The van der Waals surface area contributed by atoms with Crippen LogP contribution in [0.2, 0.25) is 0 Å². The van der Waals surface area contributed by atoms with Crippen molar-refractivity contribution in [3.05, 3.63) is 106 Å². The van der Waals surface area contributed by atoms with Crippen molar-refractivity contribution in [2.24, 2.45) is 0 Å². The molecule has 4 heteroatoms. The highest BCUT2D eigenvalue weighted by atomic mass is 16.5. The number of allylic oxidation sites excluding steroid dienone is 1. The van der Waals surface area contributed by atoms with E-state index in [1.54, 1.807) is 6.07 Å². The van der Waals surface area contributed by atoms with E-state index < -0.39 is 0 Å². The van der Waals surface area contributed by atoms with Crippen LogP contribution in [0.25, 0.3) is 5.57 Å². The lowest BCUT2D eigenvalue weighted by Gasteiger charge is -2.19. The van der Waals surface area contributed by atoms with Gasteiger partial charge in [-0.1, -0.05) is 48.0 Å². The van der Waals surface area contributed by atoms with Crippen molar-refractivity contribution < 1.29 is 14.3 Å². The smallest absolute Gasteiger partial charge is 0.337 e. The van der Waals surface area contributed by atoms with Gasteiger partial charge in [-0.25, -0.2) is 4.79 Å². The van der Waals surface area contributed by atoms with Gasteiger partial charge in [-0.15, -0.1) is 0 Å². The van der Waals surface area contributed by atoms with Gasteiger partial charge in [0.15, 0.2) is 5.78 Å². The van der Waals surface area contributed by atoms with Crippen LogP contribution in [0.1, 0.15) is 48.5 Å². The van der Waals surface area contributed by atoms with E-state index in [0.29, 0.717) is 11.1 Å². The highest BCUT2D eigenvalue weighted by molar-refractivity contribution is 6.30. The van der Waals surface area contributed by atoms with Gasteiger partial charge in [0.2, 0.25) is 0 Å². The lowest BCUT2D eigenvalue weighted by Crippen LogP contribution is -2.16. The summed E-state index contributed by atoms with van der Waals surface area (Å²) in [5.41, 5.74) is 8.05. The minimum atomic E-state index is -0.340. The van der Waals surface area contributed by atoms with Crippen molar-refractivity contribution in [3.8, 4) is 0 Å². The maximum absolute atomic E-state index is 13.8. The van der Waals surface area contributed by atoms with Crippen molar-refractivity contribution >= 4 is 23.0 Å². The van der Waals surface area contributed by atoms with E-state index in [2.05, 4.69) is 17.0 Å². The normalized spacial score (nSPS) is 13.1. The second-order valence-corrected chi connectivity index (χ2v) is 8.29. The second-order valence-electron chi connectivity index (χ2n) is 8.29. The van der Waals surface area contributed by atoms with Crippen LogP contribution in [-0.4, -0.2) is 25.4 Å². The van der Waals surface area contributed by atoms with Gasteiger partial charge < -0.3 is 9.64 Å². The summed E-state index contributed by atoms with van der Waals surface area (Å²) >= 11 is 0. The van der Waals surface area contributed by atoms with Crippen LogP contribution in [0.3, 0.4) is 0 Å². The average molecular weight is 426 g/mol. The van der Waals surface area contributed by atoms with Crippen molar-refractivity contribution in [1.82, 2.24) is 0 Å². The minimum absolute atomic E-state index is 0.0193. The molecule has 0 bridgehead atoms. The molecule has 3 aromatic rings. The Hall–Kier alpha value is -3.66. The largest absolute Gasteiger partial charge is 0.465 e. The second kappa shape index (κ2) is 8.83. The third-order valence-corrected chi connectivity index (χ3v) is 5.95. The summed E-state index contributed by atoms with van der Waals surface area (Å²) in [5.74, 6) is -0.321. The first-order valence-electron chi connectivity index (χ1n) is 10.8. The fraction of sp³-hybridized carbons (Fsp3) is 0.214. The Morgan fingerprint density at radius 1 is 0.906 bits per heavy atom. The van der Waals surface area contributed by atoms with E-state index in [1.165, 1.54) is 7.11 Å². The molecular formula is C28H27NO3. The number of ether oxygens (including phenoxy) is 1. The molecule has 4 nitrogen and oxygen atoms in total. The fourth-order valence-electron chi connectivity index (χ4n) is 4.52. The molecule has 0 unspecified atom stereocenters. The van der Waals surface area contributed by atoms with Crippen LogP contribution in [-0.2, 0) is 11.2 Å². The van der Waals surface area contributed by atoms with E-state index in [0.717, 1.165) is 52.0 Å². The molecule has 0 saturated carbocycles. The van der Waals surface area contributed by atoms with Crippen LogP contribution >= 0.6 is 0 Å². The van der Waals surface area contributed by atoms with Gasteiger partial charge in [-0.3, -0.25) is 4.79 Å². The topological polar surface area (TPSA) is 46.6 Å². The number of carbonyl (C=O) groups is 2. The lowest BCUT2D eigenvalue weighted by atomic mass is 9.90. The third kappa shape index (κ3) is 4.09. The van der Waals surface area contributed by atoms with Gasteiger partial charge in [0.25, 0.3) is 0 Å². The summed E-state index contributed by atoms with van der Waals surface area (Å²) in [7, 11) is 1.39. The van der Waals surface area contributed by atoms with Crippen LogP contribution in [0.4, 0.5) is 5.69 Å². The first-order valence-corrected chi connectivity index (χ1v) is 10.8. The number of methoxy groups -OCH3 is 1. The van der Waals surface area contributed by atoms with Crippen LogP contribution in [0, 0.1) is 20.8 Å². The Morgan fingerprint density at radius 3 is 2.25 bits per heavy atom. The van der Waals surface area contributed by atoms with Gasteiger partial charge in [0.05, 0.1) is 12.7 Å². The van der Waals surface area contributed by atoms with Gasteiger partial charge in [-0.2, -0.15) is 0 Å². The van der Waals surface area contributed by atoms with Gasteiger partial charge in [-0.05, 0) is 67.6 Å². The molecule has 0 atom stereocenters. The van der Waals surface area contributed by atoms with E-state index in [-0.39, 0.29) is 11.8 Å². The summed E-state index contributed by atoms with van der Waals surface area (Å²) in [6, 6.07) is 19.5. The predicted molar refractivity (Wildman–Crippen MR) is 128 cm³/mol. The molecule has 1 aliphatic rings. The number of hydrogen-bond acceptors (Lipinski definition) is 4. The van der Waals surface area contributed by atoms with Crippen molar-refractivity contribution in [3.63, 3.8) is 0 Å². The highest BCUT2D eigenvalue weighted by Crippen LogP contribution is 2.32. The number of hydrogen-bond donors (Lipinski definition) is 0. The average Bonchev–Trinajstić information content (AvgIpc) is 3.18. The van der Waals surface area contributed by atoms with Gasteiger partial charge in [0.1, 0.15) is 0 Å². The molecule has 4 rings (SSSR count).